The molecule has 1 aromatic carbocycles. The molecular weight excluding hydrogens is 406 g/mol. The van der Waals surface area contributed by atoms with E-state index in [-0.39, 0.29) is 43.5 Å². The Hall–Kier alpha value is -3.02. The van der Waals surface area contributed by atoms with Crippen LogP contribution in [0.3, 0.4) is 0 Å². The third kappa shape index (κ3) is 7.96. The molecule has 1 saturated heterocycles. The van der Waals surface area contributed by atoms with Crippen LogP contribution in [0.4, 0.5) is 4.79 Å². The van der Waals surface area contributed by atoms with Crippen molar-refractivity contribution in [3.8, 4) is 0 Å². The molecule has 1 aliphatic rings. The van der Waals surface area contributed by atoms with Crippen LogP contribution in [0.2, 0.25) is 0 Å². The molecule has 2 rings (SSSR count). The van der Waals surface area contributed by atoms with Crippen LogP contribution in [0, 0.1) is 5.41 Å². The summed E-state index contributed by atoms with van der Waals surface area (Å²) in [6, 6.07) is 5.89. The van der Waals surface area contributed by atoms with Gasteiger partial charge >= 0.3 is 12.1 Å². The van der Waals surface area contributed by atoms with Crippen LogP contribution in [-0.2, 0) is 23.9 Å². The molecule has 11 heteroatoms. The van der Waals surface area contributed by atoms with E-state index < -0.39 is 18.2 Å². The van der Waals surface area contributed by atoms with Gasteiger partial charge in [0.15, 0.2) is 0 Å². The van der Waals surface area contributed by atoms with Gasteiger partial charge in [-0.1, -0.05) is 37.6 Å². The maximum atomic E-state index is 12.1. The first-order valence-electron chi connectivity index (χ1n) is 10.1. The number of amides is 1. The molecule has 11 nitrogen and oxygen atoms in total. The van der Waals surface area contributed by atoms with E-state index in [2.05, 4.69) is 15.5 Å². The van der Waals surface area contributed by atoms with Crippen molar-refractivity contribution in [3.63, 3.8) is 0 Å². The van der Waals surface area contributed by atoms with Gasteiger partial charge < -0.3 is 26.3 Å². The summed E-state index contributed by atoms with van der Waals surface area (Å²) < 4.78 is 9.20. The predicted octanol–water partition coefficient (Wildman–Crippen LogP) is 0.619. The Labute approximate surface area is 180 Å². The average molecular weight is 435 g/mol. The Bertz CT molecular complexity index is 785. The minimum absolute atomic E-state index is 0.00722. The second-order valence-corrected chi connectivity index (χ2v) is 7.17. The number of esters is 1. The van der Waals surface area contributed by atoms with Crippen molar-refractivity contribution in [2.45, 2.75) is 50.8 Å². The predicted molar refractivity (Wildman–Crippen MR) is 111 cm³/mol. The fourth-order valence-corrected chi connectivity index (χ4v) is 2.83. The lowest BCUT2D eigenvalue weighted by Crippen LogP contribution is -2.44. The zero-order valence-electron chi connectivity index (χ0n) is 17.4. The minimum Gasteiger partial charge on any atom is -0.434 e. The largest absolute Gasteiger partial charge is 0.516 e. The maximum Gasteiger partial charge on any atom is 0.516 e. The van der Waals surface area contributed by atoms with E-state index in [0.717, 1.165) is 12.0 Å². The average Bonchev–Trinajstić information content (AvgIpc) is 3.20. The van der Waals surface area contributed by atoms with Crippen LogP contribution in [0.5, 0.6) is 0 Å². The topological polar surface area (TPSA) is 179 Å². The molecule has 0 aliphatic carbocycles. The van der Waals surface area contributed by atoms with Crippen molar-refractivity contribution in [2.75, 3.05) is 13.2 Å². The molecule has 1 amide bonds. The summed E-state index contributed by atoms with van der Waals surface area (Å²) in [5.74, 6) is -1.34. The lowest BCUT2D eigenvalue weighted by atomic mass is 9.99. The Morgan fingerprint density at radius 1 is 1.32 bits per heavy atom. The van der Waals surface area contributed by atoms with Gasteiger partial charge in [0, 0.05) is 12.1 Å². The summed E-state index contributed by atoms with van der Waals surface area (Å²) in [5.41, 5.74) is 15.6. The summed E-state index contributed by atoms with van der Waals surface area (Å²) in [4.78, 5) is 40.7. The van der Waals surface area contributed by atoms with E-state index >= 15 is 0 Å². The first-order chi connectivity index (χ1) is 14.8. The summed E-state index contributed by atoms with van der Waals surface area (Å²) in [6.45, 7) is 1.90. The van der Waals surface area contributed by atoms with Crippen molar-refractivity contribution in [1.82, 2.24) is 10.8 Å². The molecule has 0 bridgehead atoms. The lowest BCUT2D eigenvalue weighted by Gasteiger charge is -2.13. The minimum atomic E-state index is -1.20. The molecule has 1 aromatic rings. The Morgan fingerprint density at radius 2 is 2.03 bits per heavy atom. The highest BCUT2D eigenvalue weighted by Gasteiger charge is 2.29. The smallest absolute Gasteiger partial charge is 0.434 e. The zero-order valence-corrected chi connectivity index (χ0v) is 17.4. The first kappa shape index (κ1) is 24.3. The van der Waals surface area contributed by atoms with E-state index in [4.69, 9.17) is 26.5 Å². The number of unbranched alkanes of at least 4 members (excludes halogenated alkanes) is 1. The van der Waals surface area contributed by atoms with Gasteiger partial charge in [-0.15, -0.1) is 0 Å². The molecule has 170 valence electrons. The molecular formula is C20H29N5O6. The van der Waals surface area contributed by atoms with Gasteiger partial charge in [-0.05, 0) is 18.4 Å². The van der Waals surface area contributed by atoms with Gasteiger partial charge in [0.1, 0.15) is 11.9 Å². The lowest BCUT2D eigenvalue weighted by molar-refractivity contribution is -0.141. The normalized spacial score (nSPS) is 18.8. The van der Waals surface area contributed by atoms with Crippen molar-refractivity contribution < 1.29 is 28.7 Å². The van der Waals surface area contributed by atoms with Crippen LogP contribution in [0.15, 0.2) is 24.3 Å². The van der Waals surface area contributed by atoms with Crippen molar-refractivity contribution in [1.29, 1.82) is 5.41 Å². The van der Waals surface area contributed by atoms with Gasteiger partial charge in [-0.2, -0.15) is 5.48 Å². The summed E-state index contributed by atoms with van der Waals surface area (Å²) in [5, 5.41) is 9.95. The Kier molecular flexibility index (Phi) is 9.38. The number of nitrogens with one attached hydrogen (secondary N) is 3. The quantitative estimate of drug-likeness (QED) is 0.116. The standard InChI is InChI=1S/C20H29N5O6/c1-2-3-8-29-20(28)30-19(27)15(21)11-24-17(26)10-14-9-16(25-31-14)12-4-6-13(7-5-12)18(22)23/h4-7,14-16,25H,2-3,8-11,21H2,1H3,(H3,22,23)(H,24,26)/t14-,15?,16+/m1/s1. The summed E-state index contributed by atoms with van der Waals surface area (Å²) in [7, 11) is 0. The zero-order chi connectivity index (χ0) is 22.8. The van der Waals surface area contributed by atoms with E-state index in [1.54, 1.807) is 12.1 Å². The number of rotatable bonds is 10. The SMILES string of the molecule is CCCCOC(=O)OC(=O)C(N)CNC(=O)C[C@H]1C[C@@H](c2ccc(C(=N)N)cc2)NO1. The number of amidine groups is 1. The number of hydrogen-bond acceptors (Lipinski definition) is 9. The number of hydrogen-bond donors (Lipinski definition) is 5. The third-order valence-corrected chi connectivity index (χ3v) is 4.64. The van der Waals surface area contributed by atoms with E-state index in [1.807, 2.05) is 19.1 Å². The number of carbonyl (C=O) groups is 3. The van der Waals surface area contributed by atoms with Gasteiger partial charge in [0.25, 0.3) is 0 Å². The van der Waals surface area contributed by atoms with Crippen LogP contribution in [-0.4, -0.2) is 49.2 Å². The summed E-state index contributed by atoms with van der Waals surface area (Å²) >= 11 is 0. The number of carbonyl (C=O) groups excluding carboxylic acids is 3. The van der Waals surface area contributed by atoms with Crippen LogP contribution < -0.4 is 22.3 Å². The number of nitrogen functional groups attached to an aromatic ring is 1. The molecule has 0 aromatic heterocycles. The molecule has 0 spiro atoms. The number of hydroxylamine groups is 1. The van der Waals surface area contributed by atoms with Gasteiger partial charge in [-0.3, -0.25) is 15.0 Å². The number of nitrogens with two attached hydrogens (primary N) is 2. The summed E-state index contributed by atoms with van der Waals surface area (Å²) in [6.07, 6.45) is 0.649. The highest BCUT2D eigenvalue weighted by molar-refractivity contribution is 5.94. The second kappa shape index (κ2) is 12.0. The molecule has 3 atom stereocenters. The van der Waals surface area contributed by atoms with Crippen molar-refractivity contribution in [2.24, 2.45) is 11.5 Å². The van der Waals surface area contributed by atoms with Crippen molar-refractivity contribution in [3.05, 3.63) is 35.4 Å². The molecule has 7 N–H and O–H groups in total. The fourth-order valence-electron chi connectivity index (χ4n) is 2.83. The molecule has 31 heavy (non-hydrogen) atoms. The highest BCUT2D eigenvalue weighted by Crippen LogP contribution is 2.27. The van der Waals surface area contributed by atoms with Crippen LogP contribution >= 0.6 is 0 Å². The van der Waals surface area contributed by atoms with Crippen LogP contribution in [0.25, 0.3) is 0 Å². The first-order valence-corrected chi connectivity index (χ1v) is 10.1. The second-order valence-electron chi connectivity index (χ2n) is 7.17. The highest BCUT2D eigenvalue weighted by atomic mass is 16.7. The van der Waals surface area contributed by atoms with E-state index in [9.17, 15) is 14.4 Å². The van der Waals surface area contributed by atoms with E-state index in [0.29, 0.717) is 18.4 Å². The van der Waals surface area contributed by atoms with Gasteiger partial charge in [-0.25, -0.2) is 9.59 Å². The Morgan fingerprint density at radius 3 is 2.68 bits per heavy atom. The van der Waals surface area contributed by atoms with Crippen molar-refractivity contribution >= 4 is 23.9 Å². The fraction of sp³-hybridized carbons (Fsp3) is 0.500. The number of benzene rings is 1. The van der Waals surface area contributed by atoms with Gasteiger partial charge in [0.05, 0.1) is 25.2 Å². The van der Waals surface area contributed by atoms with Gasteiger partial charge in [0.2, 0.25) is 5.91 Å². The molecule has 1 fully saturated rings. The Balaban J connectivity index is 1.69. The number of ether oxygens (including phenoxy) is 2. The molecule has 0 saturated carbocycles. The molecule has 0 radical (unpaired) electrons. The maximum absolute atomic E-state index is 12.1. The third-order valence-electron chi connectivity index (χ3n) is 4.64. The molecule has 1 unspecified atom stereocenters. The van der Waals surface area contributed by atoms with E-state index in [1.165, 1.54) is 0 Å². The molecule has 1 aliphatic heterocycles. The monoisotopic (exact) mass is 435 g/mol. The van der Waals surface area contributed by atoms with Crippen LogP contribution in [0.1, 0.15) is 49.8 Å². The molecule has 1 heterocycles.